The summed E-state index contributed by atoms with van der Waals surface area (Å²) in [6, 6.07) is 0. The lowest BCUT2D eigenvalue weighted by atomic mass is 10.1. The van der Waals surface area contributed by atoms with Crippen LogP contribution >= 0.6 is 11.8 Å². The molecule has 3 nitrogen and oxygen atoms in total. The summed E-state index contributed by atoms with van der Waals surface area (Å²) in [5.74, 6) is 2.46. The Labute approximate surface area is 89.9 Å². The Morgan fingerprint density at radius 3 is 2.86 bits per heavy atom. The molecule has 1 spiro atoms. The topological polar surface area (TPSA) is 46.2 Å². The van der Waals surface area contributed by atoms with Crippen LogP contribution in [0.25, 0.3) is 0 Å². The smallest absolute Gasteiger partial charge is 0.152 e. The van der Waals surface area contributed by atoms with Crippen LogP contribution in [0.2, 0.25) is 0 Å². The third kappa shape index (κ3) is 2.25. The summed E-state index contributed by atoms with van der Waals surface area (Å²) in [6.07, 6.45) is 1.82. The van der Waals surface area contributed by atoms with Crippen molar-refractivity contribution in [1.29, 1.82) is 0 Å². The molecule has 0 saturated carbocycles. The summed E-state index contributed by atoms with van der Waals surface area (Å²) in [7, 11) is -2.79. The van der Waals surface area contributed by atoms with E-state index in [1.807, 2.05) is 0 Å². The molecular formula is C9H17NO2S2. The summed E-state index contributed by atoms with van der Waals surface area (Å²) in [5, 5.41) is 3.42. The van der Waals surface area contributed by atoms with E-state index in [1.54, 1.807) is 11.8 Å². The van der Waals surface area contributed by atoms with E-state index in [1.165, 1.54) is 0 Å². The van der Waals surface area contributed by atoms with Crippen LogP contribution in [0.1, 0.15) is 19.8 Å². The van der Waals surface area contributed by atoms with Gasteiger partial charge in [-0.1, -0.05) is 6.92 Å². The Bertz CT molecular complexity index is 305. The predicted octanol–water partition coefficient (Wildman–Crippen LogP) is 0.864. The monoisotopic (exact) mass is 235 g/mol. The average molecular weight is 235 g/mol. The Morgan fingerprint density at radius 1 is 1.50 bits per heavy atom. The number of thioether (sulfide) groups is 1. The second-order valence-corrected chi connectivity index (χ2v) is 8.07. The highest BCUT2D eigenvalue weighted by Gasteiger charge is 2.41. The van der Waals surface area contributed by atoms with Crippen molar-refractivity contribution in [2.24, 2.45) is 5.92 Å². The molecular weight excluding hydrogens is 218 g/mol. The van der Waals surface area contributed by atoms with Crippen molar-refractivity contribution in [2.75, 3.05) is 23.8 Å². The van der Waals surface area contributed by atoms with E-state index in [0.29, 0.717) is 17.4 Å². The van der Waals surface area contributed by atoms with Crippen molar-refractivity contribution < 1.29 is 8.42 Å². The van der Waals surface area contributed by atoms with E-state index in [2.05, 4.69) is 12.2 Å². The normalized spacial score (nSPS) is 42.5. The second-order valence-electron chi connectivity index (χ2n) is 4.49. The minimum atomic E-state index is -2.79. The van der Waals surface area contributed by atoms with Gasteiger partial charge in [-0.25, -0.2) is 8.42 Å². The molecule has 0 aromatic carbocycles. The largest absolute Gasteiger partial charge is 0.302 e. The van der Waals surface area contributed by atoms with E-state index in [0.717, 1.165) is 25.1 Å². The predicted molar refractivity (Wildman–Crippen MR) is 60.2 cm³/mol. The third-order valence-corrected chi connectivity index (χ3v) is 6.71. The van der Waals surface area contributed by atoms with Gasteiger partial charge < -0.3 is 5.32 Å². The van der Waals surface area contributed by atoms with Gasteiger partial charge in [0.15, 0.2) is 9.84 Å². The van der Waals surface area contributed by atoms with Gasteiger partial charge in [0.2, 0.25) is 0 Å². The number of sulfone groups is 1. The molecule has 0 bridgehead atoms. The molecule has 2 aliphatic heterocycles. The maximum atomic E-state index is 11.6. The minimum Gasteiger partial charge on any atom is -0.302 e. The Hall–Kier alpha value is 0.260. The standard InChI is InChI=1S/C9H17NO2S2/c1-8-5-10-9(13-6-8)3-2-4-14(11,12)7-9/h8,10H,2-7H2,1H3. The number of hydrogen-bond acceptors (Lipinski definition) is 4. The molecule has 1 N–H and O–H groups in total. The van der Waals surface area contributed by atoms with Crippen molar-refractivity contribution >= 4 is 21.6 Å². The zero-order chi connectivity index (χ0) is 10.2. The van der Waals surface area contributed by atoms with Crippen molar-refractivity contribution in [3.8, 4) is 0 Å². The molecule has 2 rings (SSSR count). The molecule has 0 radical (unpaired) electrons. The SMILES string of the molecule is CC1CNC2(CCCS(=O)(=O)C2)SC1. The van der Waals surface area contributed by atoms with Gasteiger partial charge in [0, 0.05) is 0 Å². The summed E-state index contributed by atoms with van der Waals surface area (Å²) in [6.45, 7) is 3.16. The molecule has 0 amide bonds. The average Bonchev–Trinajstić information content (AvgIpc) is 2.09. The van der Waals surface area contributed by atoms with E-state index >= 15 is 0 Å². The fourth-order valence-electron chi connectivity index (χ4n) is 2.10. The summed E-state index contributed by atoms with van der Waals surface area (Å²) in [5.41, 5.74) is 0. The summed E-state index contributed by atoms with van der Waals surface area (Å²) in [4.78, 5) is -0.149. The molecule has 0 aromatic rings. The van der Waals surface area contributed by atoms with Crippen LogP contribution in [0.4, 0.5) is 0 Å². The Kier molecular flexibility index (Phi) is 2.83. The highest BCUT2D eigenvalue weighted by Crippen LogP contribution is 2.37. The number of nitrogens with one attached hydrogen (secondary N) is 1. The molecule has 2 heterocycles. The molecule has 2 saturated heterocycles. The van der Waals surface area contributed by atoms with Gasteiger partial charge in [0.1, 0.15) is 0 Å². The highest BCUT2D eigenvalue weighted by atomic mass is 32.2. The van der Waals surface area contributed by atoms with Gasteiger partial charge in [-0.2, -0.15) is 0 Å². The Morgan fingerprint density at radius 2 is 2.29 bits per heavy atom. The van der Waals surface area contributed by atoms with Crippen molar-refractivity contribution in [1.82, 2.24) is 5.32 Å². The zero-order valence-corrected chi connectivity index (χ0v) is 10.1. The molecule has 0 aromatic heterocycles. The molecule has 5 heteroatoms. The fraction of sp³-hybridized carbons (Fsp3) is 1.00. The molecule has 14 heavy (non-hydrogen) atoms. The van der Waals surface area contributed by atoms with Gasteiger partial charge in [-0.05, 0) is 31.1 Å². The van der Waals surface area contributed by atoms with Crippen LogP contribution in [-0.2, 0) is 9.84 Å². The zero-order valence-electron chi connectivity index (χ0n) is 8.45. The second kappa shape index (κ2) is 3.68. The molecule has 2 unspecified atom stereocenters. The van der Waals surface area contributed by atoms with Crippen LogP contribution in [0, 0.1) is 5.92 Å². The van der Waals surface area contributed by atoms with Gasteiger partial charge in [0.25, 0.3) is 0 Å². The summed E-state index contributed by atoms with van der Waals surface area (Å²) < 4.78 is 23.1. The van der Waals surface area contributed by atoms with Crippen LogP contribution in [0.15, 0.2) is 0 Å². The van der Waals surface area contributed by atoms with Crippen LogP contribution in [-0.4, -0.2) is 37.1 Å². The first kappa shape index (κ1) is 10.8. The first-order valence-electron chi connectivity index (χ1n) is 5.11. The number of rotatable bonds is 0. The highest BCUT2D eigenvalue weighted by molar-refractivity contribution is 8.02. The molecule has 2 aliphatic rings. The van der Waals surface area contributed by atoms with E-state index in [4.69, 9.17) is 0 Å². The van der Waals surface area contributed by atoms with E-state index in [9.17, 15) is 8.42 Å². The van der Waals surface area contributed by atoms with E-state index in [-0.39, 0.29) is 4.87 Å². The van der Waals surface area contributed by atoms with Crippen molar-refractivity contribution in [2.45, 2.75) is 24.6 Å². The van der Waals surface area contributed by atoms with Crippen LogP contribution in [0.5, 0.6) is 0 Å². The third-order valence-electron chi connectivity index (χ3n) is 2.91. The molecule has 0 aliphatic carbocycles. The molecule has 82 valence electrons. The minimum absolute atomic E-state index is 0.149. The first-order chi connectivity index (χ1) is 6.52. The van der Waals surface area contributed by atoms with Crippen LogP contribution < -0.4 is 5.32 Å². The maximum absolute atomic E-state index is 11.6. The number of hydrogen-bond donors (Lipinski definition) is 1. The molecule has 2 fully saturated rings. The first-order valence-corrected chi connectivity index (χ1v) is 7.91. The van der Waals surface area contributed by atoms with Gasteiger partial charge >= 0.3 is 0 Å². The lowest BCUT2D eigenvalue weighted by Crippen LogP contribution is -2.55. The van der Waals surface area contributed by atoms with Crippen molar-refractivity contribution in [3.63, 3.8) is 0 Å². The lowest BCUT2D eigenvalue weighted by molar-refractivity contribution is 0.398. The molecule has 2 atom stereocenters. The van der Waals surface area contributed by atoms with Gasteiger partial charge in [-0.15, -0.1) is 11.8 Å². The summed E-state index contributed by atoms with van der Waals surface area (Å²) >= 11 is 1.81. The van der Waals surface area contributed by atoms with Crippen molar-refractivity contribution in [3.05, 3.63) is 0 Å². The van der Waals surface area contributed by atoms with Gasteiger partial charge in [-0.3, -0.25) is 0 Å². The fourth-order valence-corrected chi connectivity index (χ4v) is 5.86. The maximum Gasteiger partial charge on any atom is 0.152 e. The van der Waals surface area contributed by atoms with Crippen LogP contribution in [0.3, 0.4) is 0 Å². The quantitative estimate of drug-likeness (QED) is 0.676. The lowest BCUT2D eigenvalue weighted by Gasteiger charge is -2.42. The Balaban J connectivity index is 2.09. The van der Waals surface area contributed by atoms with E-state index < -0.39 is 9.84 Å². The van der Waals surface area contributed by atoms with Gasteiger partial charge in [0.05, 0.1) is 16.4 Å².